The number of carboxylic acid groups (broad SMARTS) is 1. The number of nitrogens with zero attached hydrogens (tertiary/aromatic N) is 2. The number of aliphatic carboxylic acids is 1. The number of hydrogen-bond donors (Lipinski definition) is 3. The van der Waals surface area contributed by atoms with E-state index in [1.165, 1.54) is 16.2 Å². The highest BCUT2D eigenvalue weighted by molar-refractivity contribution is 7.13. The standard InChI is InChI=1S/C12H20N4O3S/c1-12(2,9(17)18)8-7-20-10(15-8)13-5-6-14-11(19)16(3)4/h7H,5-6H2,1-4H3,(H,13,15)(H,14,19)(H,17,18). The third-order valence-electron chi connectivity index (χ3n) is 2.76. The molecule has 0 aliphatic rings. The van der Waals surface area contributed by atoms with Gasteiger partial charge < -0.3 is 20.6 Å². The summed E-state index contributed by atoms with van der Waals surface area (Å²) in [6.45, 7) is 4.23. The van der Waals surface area contributed by atoms with Gasteiger partial charge in [-0.25, -0.2) is 9.78 Å². The highest BCUT2D eigenvalue weighted by Crippen LogP contribution is 2.27. The Bertz CT molecular complexity index is 485. The molecule has 0 saturated heterocycles. The maximum atomic E-state index is 11.3. The summed E-state index contributed by atoms with van der Waals surface area (Å²) in [6.07, 6.45) is 0. The molecule has 1 heterocycles. The second kappa shape index (κ2) is 6.56. The second-order valence-corrected chi connectivity index (χ2v) is 5.88. The van der Waals surface area contributed by atoms with E-state index in [2.05, 4.69) is 15.6 Å². The van der Waals surface area contributed by atoms with Crippen LogP contribution in [0.25, 0.3) is 0 Å². The maximum Gasteiger partial charge on any atom is 0.316 e. The average Bonchev–Trinajstić information content (AvgIpc) is 2.83. The molecule has 0 atom stereocenters. The fourth-order valence-corrected chi connectivity index (χ4v) is 2.16. The van der Waals surface area contributed by atoms with Crippen molar-refractivity contribution in [2.45, 2.75) is 19.3 Å². The maximum absolute atomic E-state index is 11.3. The predicted octanol–water partition coefficient (Wildman–Crippen LogP) is 1.19. The quantitative estimate of drug-likeness (QED) is 0.686. The largest absolute Gasteiger partial charge is 0.481 e. The summed E-state index contributed by atoms with van der Waals surface area (Å²) < 4.78 is 0. The van der Waals surface area contributed by atoms with Crippen LogP contribution in [0, 0.1) is 0 Å². The minimum atomic E-state index is -1.00. The van der Waals surface area contributed by atoms with Gasteiger partial charge in [0.2, 0.25) is 0 Å². The van der Waals surface area contributed by atoms with Crippen molar-refractivity contribution in [3.63, 3.8) is 0 Å². The zero-order valence-corrected chi connectivity index (χ0v) is 12.9. The van der Waals surface area contributed by atoms with Crippen LogP contribution in [0.1, 0.15) is 19.5 Å². The van der Waals surface area contributed by atoms with Crippen molar-refractivity contribution >= 4 is 28.5 Å². The monoisotopic (exact) mass is 300 g/mol. The molecule has 2 amide bonds. The molecular formula is C12H20N4O3S. The van der Waals surface area contributed by atoms with Gasteiger partial charge in [-0.15, -0.1) is 11.3 Å². The van der Waals surface area contributed by atoms with Gasteiger partial charge in [0.1, 0.15) is 5.41 Å². The van der Waals surface area contributed by atoms with Crippen molar-refractivity contribution in [1.29, 1.82) is 0 Å². The summed E-state index contributed by atoms with van der Waals surface area (Å²) in [5.74, 6) is -0.910. The van der Waals surface area contributed by atoms with Crippen LogP contribution in [0.4, 0.5) is 9.93 Å². The van der Waals surface area contributed by atoms with E-state index in [0.717, 1.165) is 0 Å². The Morgan fingerprint density at radius 3 is 2.60 bits per heavy atom. The van der Waals surface area contributed by atoms with Gasteiger partial charge in [-0.3, -0.25) is 4.79 Å². The highest BCUT2D eigenvalue weighted by atomic mass is 32.1. The van der Waals surface area contributed by atoms with Crippen LogP contribution in [0.15, 0.2) is 5.38 Å². The number of carbonyl (C=O) groups is 2. The molecule has 8 heteroatoms. The Morgan fingerprint density at radius 2 is 2.05 bits per heavy atom. The zero-order valence-electron chi connectivity index (χ0n) is 12.1. The fraction of sp³-hybridized carbons (Fsp3) is 0.583. The number of anilines is 1. The molecule has 0 aliphatic heterocycles. The molecule has 20 heavy (non-hydrogen) atoms. The molecule has 112 valence electrons. The molecule has 0 fully saturated rings. The van der Waals surface area contributed by atoms with Crippen molar-refractivity contribution < 1.29 is 14.7 Å². The molecule has 0 aromatic carbocycles. The zero-order chi connectivity index (χ0) is 15.3. The van der Waals surface area contributed by atoms with Gasteiger partial charge >= 0.3 is 12.0 Å². The molecule has 7 nitrogen and oxygen atoms in total. The normalized spacial score (nSPS) is 11.0. The minimum absolute atomic E-state index is 0.154. The Kier molecular flexibility index (Phi) is 5.32. The van der Waals surface area contributed by atoms with Crippen molar-refractivity contribution in [1.82, 2.24) is 15.2 Å². The van der Waals surface area contributed by atoms with Gasteiger partial charge in [-0.2, -0.15) is 0 Å². The summed E-state index contributed by atoms with van der Waals surface area (Å²) in [7, 11) is 3.34. The summed E-state index contributed by atoms with van der Waals surface area (Å²) in [4.78, 5) is 28.1. The Morgan fingerprint density at radius 1 is 1.40 bits per heavy atom. The molecular weight excluding hydrogens is 280 g/mol. The molecule has 3 N–H and O–H groups in total. The number of amides is 2. The fourth-order valence-electron chi connectivity index (χ4n) is 1.25. The number of urea groups is 1. The SMILES string of the molecule is CN(C)C(=O)NCCNc1nc(C(C)(C)C(=O)O)cs1. The lowest BCUT2D eigenvalue weighted by Gasteiger charge is -2.15. The third-order valence-corrected chi connectivity index (χ3v) is 3.56. The molecule has 1 rings (SSSR count). The van der Waals surface area contributed by atoms with Crippen LogP contribution >= 0.6 is 11.3 Å². The van der Waals surface area contributed by atoms with Crippen LogP contribution < -0.4 is 10.6 Å². The number of aromatic nitrogens is 1. The molecule has 1 aromatic rings. The number of nitrogens with one attached hydrogen (secondary N) is 2. The molecule has 0 radical (unpaired) electrons. The van der Waals surface area contributed by atoms with Gasteiger partial charge in [-0.1, -0.05) is 0 Å². The van der Waals surface area contributed by atoms with Crippen molar-refractivity contribution in [3.05, 3.63) is 11.1 Å². The van der Waals surface area contributed by atoms with Gasteiger partial charge in [0.05, 0.1) is 5.69 Å². The van der Waals surface area contributed by atoms with Gasteiger partial charge in [0.25, 0.3) is 0 Å². The number of carboxylic acids is 1. The Balaban J connectivity index is 2.46. The van der Waals surface area contributed by atoms with E-state index in [0.29, 0.717) is 23.9 Å². The van der Waals surface area contributed by atoms with Crippen LogP contribution in [-0.2, 0) is 10.2 Å². The van der Waals surface area contributed by atoms with Gasteiger partial charge in [0.15, 0.2) is 5.13 Å². The second-order valence-electron chi connectivity index (χ2n) is 5.02. The number of carbonyl (C=O) groups excluding carboxylic acids is 1. The highest BCUT2D eigenvalue weighted by Gasteiger charge is 2.32. The van der Waals surface area contributed by atoms with E-state index in [9.17, 15) is 9.59 Å². The summed E-state index contributed by atoms with van der Waals surface area (Å²) >= 11 is 1.35. The summed E-state index contributed by atoms with van der Waals surface area (Å²) in [5, 5.41) is 17.3. The molecule has 0 saturated carbocycles. The average molecular weight is 300 g/mol. The molecule has 0 aliphatic carbocycles. The lowest BCUT2D eigenvalue weighted by molar-refractivity contribution is -0.142. The first kappa shape index (κ1) is 16.2. The van der Waals surface area contributed by atoms with Gasteiger partial charge in [-0.05, 0) is 13.8 Å². The molecule has 0 unspecified atom stereocenters. The summed E-state index contributed by atoms with van der Waals surface area (Å²) in [5.41, 5.74) is -0.481. The van der Waals surface area contributed by atoms with Gasteiger partial charge in [0, 0.05) is 32.6 Å². The summed E-state index contributed by atoms with van der Waals surface area (Å²) in [6, 6.07) is -0.154. The molecule has 1 aromatic heterocycles. The minimum Gasteiger partial charge on any atom is -0.481 e. The Labute approximate surface area is 122 Å². The smallest absolute Gasteiger partial charge is 0.316 e. The molecule has 0 bridgehead atoms. The first-order chi connectivity index (χ1) is 9.25. The van der Waals surface area contributed by atoms with Crippen LogP contribution in [-0.4, -0.2) is 54.2 Å². The predicted molar refractivity (Wildman–Crippen MR) is 78.4 cm³/mol. The van der Waals surface area contributed by atoms with E-state index >= 15 is 0 Å². The van der Waals surface area contributed by atoms with E-state index in [-0.39, 0.29) is 6.03 Å². The van der Waals surface area contributed by atoms with E-state index in [4.69, 9.17) is 5.11 Å². The first-order valence-electron chi connectivity index (χ1n) is 6.13. The van der Waals surface area contributed by atoms with Crippen LogP contribution in [0.2, 0.25) is 0 Å². The van der Waals surface area contributed by atoms with Crippen molar-refractivity contribution in [3.8, 4) is 0 Å². The number of rotatable bonds is 6. The lowest BCUT2D eigenvalue weighted by atomic mass is 9.90. The molecule has 0 spiro atoms. The van der Waals surface area contributed by atoms with E-state index < -0.39 is 11.4 Å². The topological polar surface area (TPSA) is 94.6 Å². The third kappa shape index (κ3) is 4.09. The lowest BCUT2D eigenvalue weighted by Crippen LogP contribution is -2.37. The number of hydrogen-bond acceptors (Lipinski definition) is 5. The Hall–Kier alpha value is -1.83. The van der Waals surface area contributed by atoms with Crippen molar-refractivity contribution in [2.24, 2.45) is 0 Å². The first-order valence-corrected chi connectivity index (χ1v) is 7.01. The van der Waals surface area contributed by atoms with Crippen LogP contribution in [0.3, 0.4) is 0 Å². The van der Waals surface area contributed by atoms with Crippen LogP contribution in [0.5, 0.6) is 0 Å². The van der Waals surface area contributed by atoms with Crippen molar-refractivity contribution in [2.75, 3.05) is 32.5 Å². The van der Waals surface area contributed by atoms with E-state index in [1.54, 1.807) is 33.3 Å². The number of thiazole rings is 1. The van der Waals surface area contributed by atoms with E-state index in [1.807, 2.05) is 0 Å².